The van der Waals surface area contributed by atoms with Gasteiger partial charge in [0.2, 0.25) is 5.91 Å². The standard InChI is InChI=1S/C35H28Cl2N2O5S/c36-32-14-13-31(21-33(32)37)45(41,42)39-35(40)15-12-28-11-9-26(23-44-30-7-3-4-25(19-30)22-38)20-34(28)43-17-16-24-8-10-27-5-1-2-6-29(27)18-24/h1-11,13-14,18-21H,12,15-17,23H2,(H,39,40). The number of nitriles is 1. The van der Waals surface area contributed by atoms with Crippen molar-refractivity contribution in [2.75, 3.05) is 6.61 Å². The molecule has 0 radical (unpaired) electrons. The highest BCUT2D eigenvalue weighted by molar-refractivity contribution is 7.90. The number of hydrogen-bond acceptors (Lipinski definition) is 6. The zero-order valence-electron chi connectivity index (χ0n) is 24.0. The van der Waals surface area contributed by atoms with Crippen molar-refractivity contribution in [2.24, 2.45) is 0 Å². The zero-order chi connectivity index (χ0) is 31.8. The van der Waals surface area contributed by atoms with Gasteiger partial charge in [-0.2, -0.15) is 5.26 Å². The number of rotatable bonds is 12. The Labute approximate surface area is 272 Å². The van der Waals surface area contributed by atoms with E-state index in [1.807, 2.05) is 30.3 Å². The normalized spacial score (nSPS) is 11.1. The van der Waals surface area contributed by atoms with Crippen molar-refractivity contribution < 1.29 is 22.7 Å². The molecule has 0 spiro atoms. The van der Waals surface area contributed by atoms with Crippen LogP contribution < -0.4 is 14.2 Å². The second kappa shape index (κ2) is 14.5. The lowest BCUT2D eigenvalue weighted by molar-refractivity contribution is -0.119. The third kappa shape index (κ3) is 8.55. The first-order valence-electron chi connectivity index (χ1n) is 14.1. The second-order valence-corrected chi connectivity index (χ2v) is 12.8. The van der Waals surface area contributed by atoms with Gasteiger partial charge >= 0.3 is 0 Å². The fourth-order valence-corrected chi connectivity index (χ4v) is 6.08. The molecule has 45 heavy (non-hydrogen) atoms. The van der Waals surface area contributed by atoms with Crippen molar-refractivity contribution in [3.63, 3.8) is 0 Å². The topological polar surface area (TPSA) is 105 Å². The van der Waals surface area contributed by atoms with E-state index >= 15 is 0 Å². The largest absolute Gasteiger partial charge is 0.493 e. The summed E-state index contributed by atoms with van der Waals surface area (Å²) in [5.74, 6) is 0.465. The maximum absolute atomic E-state index is 12.7. The summed E-state index contributed by atoms with van der Waals surface area (Å²) in [5.41, 5.74) is 3.19. The summed E-state index contributed by atoms with van der Waals surface area (Å²) in [5, 5.41) is 11.8. The Balaban J connectivity index is 1.28. The number of aryl methyl sites for hydroxylation is 1. The number of nitrogens with one attached hydrogen (secondary N) is 1. The number of benzene rings is 5. The van der Waals surface area contributed by atoms with Crippen LogP contribution in [0.4, 0.5) is 0 Å². The number of nitrogens with zero attached hydrogens (tertiary/aromatic N) is 1. The molecule has 1 N–H and O–H groups in total. The molecular weight excluding hydrogens is 631 g/mol. The molecule has 10 heteroatoms. The monoisotopic (exact) mass is 658 g/mol. The van der Waals surface area contributed by atoms with Crippen molar-refractivity contribution in [1.82, 2.24) is 4.72 Å². The van der Waals surface area contributed by atoms with Gasteiger partial charge in [-0.3, -0.25) is 4.79 Å². The molecule has 228 valence electrons. The lowest BCUT2D eigenvalue weighted by atomic mass is 10.0. The predicted molar refractivity (Wildman–Crippen MR) is 175 cm³/mol. The molecular formula is C35H28Cl2N2O5S. The van der Waals surface area contributed by atoms with E-state index in [2.05, 4.69) is 41.1 Å². The Hall–Kier alpha value is -4.55. The quantitative estimate of drug-likeness (QED) is 0.148. The van der Waals surface area contributed by atoms with Crippen molar-refractivity contribution in [3.8, 4) is 17.6 Å². The maximum Gasteiger partial charge on any atom is 0.264 e. The SMILES string of the molecule is N#Cc1cccc(OCc2ccc(CCC(=O)NS(=O)(=O)c3ccc(Cl)c(Cl)c3)c(OCCc3ccc4ccccc4c3)c2)c1. The van der Waals surface area contributed by atoms with Crippen molar-refractivity contribution in [1.29, 1.82) is 5.26 Å². The first-order chi connectivity index (χ1) is 21.7. The molecule has 0 aromatic heterocycles. The number of halogens is 2. The third-order valence-electron chi connectivity index (χ3n) is 7.03. The minimum Gasteiger partial charge on any atom is -0.493 e. The van der Waals surface area contributed by atoms with Crippen LogP contribution in [-0.2, 0) is 34.3 Å². The molecule has 0 saturated carbocycles. The van der Waals surface area contributed by atoms with Crippen LogP contribution in [0.1, 0.15) is 28.7 Å². The number of carbonyl (C=O) groups is 1. The molecule has 0 unspecified atom stereocenters. The van der Waals surface area contributed by atoms with Crippen molar-refractivity contribution >= 4 is 49.9 Å². The van der Waals surface area contributed by atoms with E-state index < -0.39 is 15.9 Å². The highest BCUT2D eigenvalue weighted by atomic mass is 35.5. The summed E-state index contributed by atoms with van der Waals surface area (Å²) < 4.78 is 39.7. The van der Waals surface area contributed by atoms with Gasteiger partial charge in [-0.1, -0.05) is 83.9 Å². The van der Waals surface area contributed by atoms with Crippen LogP contribution in [0.5, 0.6) is 11.5 Å². The summed E-state index contributed by atoms with van der Waals surface area (Å²) in [4.78, 5) is 12.6. The van der Waals surface area contributed by atoms with Crippen LogP contribution in [0.2, 0.25) is 10.0 Å². The minimum absolute atomic E-state index is 0.0688. The number of carbonyl (C=O) groups excluding carboxylic acids is 1. The van der Waals surface area contributed by atoms with Crippen LogP contribution in [-0.4, -0.2) is 20.9 Å². The number of ether oxygens (including phenoxy) is 2. The summed E-state index contributed by atoms with van der Waals surface area (Å²) in [6.07, 6.45) is 0.798. The van der Waals surface area contributed by atoms with Gasteiger partial charge < -0.3 is 9.47 Å². The predicted octanol–water partition coefficient (Wildman–Crippen LogP) is 7.66. The minimum atomic E-state index is -4.13. The Morgan fingerprint density at radius 1 is 0.778 bits per heavy atom. The van der Waals surface area contributed by atoms with Crippen LogP contribution in [0, 0.1) is 11.3 Å². The first-order valence-corrected chi connectivity index (χ1v) is 16.3. The Kier molecular flexibility index (Phi) is 10.3. The fourth-order valence-electron chi connectivity index (χ4n) is 4.68. The Morgan fingerprint density at radius 3 is 2.38 bits per heavy atom. The summed E-state index contributed by atoms with van der Waals surface area (Å²) in [7, 11) is -4.13. The molecule has 0 atom stereocenters. The highest BCUT2D eigenvalue weighted by Crippen LogP contribution is 2.26. The summed E-state index contributed by atoms with van der Waals surface area (Å²) in [6.45, 7) is 0.621. The molecule has 5 aromatic rings. The molecule has 7 nitrogen and oxygen atoms in total. The van der Waals surface area contributed by atoms with E-state index in [-0.39, 0.29) is 34.4 Å². The van der Waals surface area contributed by atoms with Gasteiger partial charge in [-0.25, -0.2) is 13.1 Å². The molecule has 0 fully saturated rings. The summed E-state index contributed by atoms with van der Waals surface area (Å²) >= 11 is 11.9. The van der Waals surface area contributed by atoms with Crippen LogP contribution in [0.3, 0.4) is 0 Å². The van der Waals surface area contributed by atoms with Crippen LogP contribution >= 0.6 is 23.2 Å². The van der Waals surface area contributed by atoms with Gasteiger partial charge in [0, 0.05) is 12.8 Å². The number of amides is 1. The number of sulfonamides is 1. The summed E-state index contributed by atoms with van der Waals surface area (Å²) in [6, 6.07) is 32.8. The van der Waals surface area contributed by atoms with Crippen molar-refractivity contribution in [2.45, 2.75) is 30.8 Å². The molecule has 0 aliphatic carbocycles. The molecule has 0 bridgehead atoms. The van der Waals surface area contributed by atoms with Gasteiger partial charge in [0.05, 0.1) is 33.2 Å². The third-order valence-corrected chi connectivity index (χ3v) is 9.14. The molecule has 5 aromatic carbocycles. The lowest BCUT2D eigenvalue weighted by Gasteiger charge is -2.15. The average Bonchev–Trinajstić information content (AvgIpc) is 3.04. The fraction of sp³-hybridized carbons (Fsp3) is 0.143. The number of hydrogen-bond donors (Lipinski definition) is 1. The van der Waals surface area contributed by atoms with E-state index in [4.69, 9.17) is 37.9 Å². The van der Waals surface area contributed by atoms with Crippen molar-refractivity contribution in [3.05, 3.63) is 135 Å². The van der Waals surface area contributed by atoms with E-state index in [0.717, 1.165) is 27.5 Å². The average molecular weight is 660 g/mol. The number of fused-ring (bicyclic) bond motifs is 1. The van der Waals surface area contributed by atoms with Gasteiger partial charge in [0.1, 0.15) is 18.1 Å². The zero-order valence-corrected chi connectivity index (χ0v) is 26.3. The second-order valence-electron chi connectivity index (χ2n) is 10.3. The van der Waals surface area contributed by atoms with Gasteiger partial charge in [-0.05, 0) is 76.3 Å². The van der Waals surface area contributed by atoms with E-state index in [1.165, 1.54) is 18.2 Å². The van der Waals surface area contributed by atoms with Crippen LogP contribution in [0.15, 0.2) is 108 Å². The highest BCUT2D eigenvalue weighted by Gasteiger charge is 2.19. The van der Waals surface area contributed by atoms with E-state index in [0.29, 0.717) is 30.1 Å². The molecule has 0 aliphatic heterocycles. The molecule has 0 aliphatic rings. The Bertz CT molecular complexity index is 2010. The first kappa shape index (κ1) is 31.9. The van der Waals surface area contributed by atoms with E-state index in [1.54, 1.807) is 24.3 Å². The lowest BCUT2D eigenvalue weighted by Crippen LogP contribution is -2.30. The molecule has 0 heterocycles. The van der Waals surface area contributed by atoms with E-state index in [9.17, 15) is 13.2 Å². The molecule has 5 rings (SSSR count). The molecule has 0 saturated heterocycles. The smallest absolute Gasteiger partial charge is 0.264 e. The van der Waals surface area contributed by atoms with Gasteiger partial charge in [-0.15, -0.1) is 0 Å². The van der Waals surface area contributed by atoms with Gasteiger partial charge in [0.15, 0.2) is 0 Å². The van der Waals surface area contributed by atoms with Gasteiger partial charge in [0.25, 0.3) is 10.0 Å². The maximum atomic E-state index is 12.7. The molecule has 1 amide bonds. The van der Waals surface area contributed by atoms with Crippen LogP contribution in [0.25, 0.3) is 10.8 Å². The Morgan fingerprint density at radius 2 is 1.58 bits per heavy atom.